The zero-order valence-corrected chi connectivity index (χ0v) is 14.2. The zero-order chi connectivity index (χ0) is 18.4. The zero-order valence-electron chi connectivity index (χ0n) is 14.2. The highest BCUT2D eigenvalue weighted by Crippen LogP contribution is 2.19. The maximum atomic E-state index is 12.9. The Morgan fingerprint density at radius 3 is 2.54 bits per heavy atom. The molecule has 1 heterocycles. The molecule has 26 heavy (non-hydrogen) atoms. The van der Waals surface area contributed by atoms with Gasteiger partial charge in [0.2, 0.25) is 17.7 Å². The van der Waals surface area contributed by atoms with Crippen LogP contribution in [0, 0.1) is 5.82 Å². The largest absolute Gasteiger partial charge is 0.494 e. The summed E-state index contributed by atoms with van der Waals surface area (Å²) in [5, 5.41) is 10.6. The van der Waals surface area contributed by atoms with E-state index >= 15 is 0 Å². The van der Waals surface area contributed by atoms with Gasteiger partial charge < -0.3 is 14.5 Å². The summed E-state index contributed by atoms with van der Waals surface area (Å²) in [4.78, 5) is 12.0. The number of halogens is 1. The van der Waals surface area contributed by atoms with Crippen LogP contribution in [0.5, 0.6) is 5.75 Å². The lowest BCUT2D eigenvalue weighted by atomic mass is 10.2. The number of aromatic nitrogens is 2. The second-order valence-electron chi connectivity index (χ2n) is 5.51. The minimum absolute atomic E-state index is 0.157. The third-order valence-electron chi connectivity index (χ3n) is 3.57. The molecule has 0 spiro atoms. The summed E-state index contributed by atoms with van der Waals surface area (Å²) in [6.07, 6.45) is 0.523. The summed E-state index contributed by atoms with van der Waals surface area (Å²) in [5.41, 5.74) is 1.32. The summed E-state index contributed by atoms with van der Waals surface area (Å²) in [6.45, 7) is 2.50. The van der Waals surface area contributed by atoms with Crippen molar-refractivity contribution < 1.29 is 18.3 Å². The van der Waals surface area contributed by atoms with Crippen LogP contribution in [0.1, 0.15) is 19.2 Å². The van der Waals surface area contributed by atoms with Gasteiger partial charge in [-0.05, 0) is 55.5 Å². The second kappa shape index (κ2) is 8.24. The molecule has 1 aromatic heterocycles. The number of carbonyl (C=O) groups excluding carboxylic acids is 1. The third-order valence-corrected chi connectivity index (χ3v) is 3.57. The Hall–Kier alpha value is -3.22. The van der Waals surface area contributed by atoms with Gasteiger partial charge in [-0.2, -0.15) is 0 Å². The van der Waals surface area contributed by atoms with Crippen LogP contribution in [0.2, 0.25) is 0 Å². The van der Waals surface area contributed by atoms with Crippen LogP contribution in [0.25, 0.3) is 11.5 Å². The van der Waals surface area contributed by atoms with Crippen molar-refractivity contribution in [2.75, 3.05) is 11.9 Å². The fraction of sp³-hybridized carbons (Fsp3) is 0.211. The number of carbonyl (C=O) groups is 1. The predicted octanol–water partition coefficient (Wildman–Crippen LogP) is 3.85. The Balaban J connectivity index is 1.52. The molecule has 1 N–H and O–H groups in total. The summed E-state index contributed by atoms with van der Waals surface area (Å²) in [6, 6.07) is 12.9. The number of benzene rings is 2. The van der Waals surface area contributed by atoms with Crippen molar-refractivity contribution in [3.8, 4) is 17.2 Å². The first-order valence-electron chi connectivity index (χ1n) is 8.25. The molecule has 0 aliphatic heterocycles. The molecule has 3 aromatic rings. The van der Waals surface area contributed by atoms with Gasteiger partial charge in [0.05, 0.1) is 6.61 Å². The number of anilines is 1. The van der Waals surface area contributed by atoms with Gasteiger partial charge in [0.1, 0.15) is 11.6 Å². The predicted molar refractivity (Wildman–Crippen MR) is 94.3 cm³/mol. The SMILES string of the molecule is CCOc1ccc(NC(=O)CCc2nnc(-c3ccc(F)cc3)o2)cc1. The molecule has 0 radical (unpaired) electrons. The van der Waals surface area contributed by atoms with Crippen molar-refractivity contribution in [2.45, 2.75) is 19.8 Å². The fourth-order valence-electron chi connectivity index (χ4n) is 2.31. The Bertz CT molecular complexity index is 860. The van der Waals surface area contributed by atoms with Crippen molar-refractivity contribution in [2.24, 2.45) is 0 Å². The van der Waals surface area contributed by atoms with E-state index in [1.54, 1.807) is 36.4 Å². The minimum Gasteiger partial charge on any atom is -0.494 e. The first-order chi connectivity index (χ1) is 12.6. The Labute approximate surface area is 150 Å². The number of ether oxygens (including phenoxy) is 1. The van der Waals surface area contributed by atoms with Crippen LogP contribution in [0.3, 0.4) is 0 Å². The molecule has 7 heteroatoms. The monoisotopic (exact) mass is 355 g/mol. The average molecular weight is 355 g/mol. The molecule has 0 atom stereocenters. The van der Waals surface area contributed by atoms with Crippen LogP contribution in [-0.4, -0.2) is 22.7 Å². The molecule has 2 aromatic carbocycles. The van der Waals surface area contributed by atoms with Crippen LogP contribution in [0.4, 0.5) is 10.1 Å². The molecular weight excluding hydrogens is 337 g/mol. The number of hydrogen-bond acceptors (Lipinski definition) is 5. The third kappa shape index (κ3) is 4.66. The lowest BCUT2D eigenvalue weighted by molar-refractivity contribution is -0.116. The molecule has 6 nitrogen and oxygen atoms in total. The van der Waals surface area contributed by atoms with E-state index in [-0.39, 0.29) is 18.1 Å². The van der Waals surface area contributed by atoms with E-state index in [0.29, 0.717) is 36.1 Å². The van der Waals surface area contributed by atoms with Crippen molar-refractivity contribution in [1.82, 2.24) is 10.2 Å². The summed E-state index contributed by atoms with van der Waals surface area (Å²) in [7, 11) is 0. The van der Waals surface area contributed by atoms with Gasteiger partial charge in [0, 0.05) is 24.1 Å². The van der Waals surface area contributed by atoms with Crippen molar-refractivity contribution in [1.29, 1.82) is 0 Å². The topological polar surface area (TPSA) is 77.2 Å². The molecule has 0 saturated carbocycles. The Kier molecular flexibility index (Phi) is 5.58. The fourth-order valence-corrected chi connectivity index (χ4v) is 2.31. The van der Waals surface area contributed by atoms with Crippen molar-refractivity contribution in [3.05, 3.63) is 60.2 Å². The molecular formula is C19H18FN3O3. The Morgan fingerprint density at radius 1 is 1.12 bits per heavy atom. The number of nitrogens with one attached hydrogen (secondary N) is 1. The molecule has 134 valence electrons. The minimum atomic E-state index is -0.334. The molecule has 0 aliphatic rings. The smallest absolute Gasteiger partial charge is 0.247 e. The molecule has 0 bridgehead atoms. The van der Waals surface area contributed by atoms with Crippen molar-refractivity contribution in [3.63, 3.8) is 0 Å². The summed E-state index contributed by atoms with van der Waals surface area (Å²) >= 11 is 0. The van der Waals surface area contributed by atoms with Crippen LogP contribution in [-0.2, 0) is 11.2 Å². The number of hydrogen-bond donors (Lipinski definition) is 1. The van der Waals surface area contributed by atoms with Crippen LogP contribution >= 0.6 is 0 Å². The quantitative estimate of drug-likeness (QED) is 0.697. The first kappa shape index (κ1) is 17.6. The van der Waals surface area contributed by atoms with Gasteiger partial charge >= 0.3 is 0 Å². The van der Waals surface area contributed by atoms with E-state index < -0.39 is 0 Å². The van der Waals surface area contributed by atoms with E-state index in [0.717, 1.165) is 5.75 Å². The van der Waals surface area contributed by atoms with E-state index in [4.69, 9.17) is 9.15 Å². The van der Waals surface area contributed by atoms with E-state index in [1.165, 1.54) is 12.1 Å². The van der Waals surface area contributed by atoms with Gasteiger partial charge in [0.15, 0.2) is 0 Å². The standard InChI is InChI=1S/C19H18FN3O3/c1-2-25-16-9-7-15(8-10-16)21-17(24)11-12-18-22-23-19(26-18)13-3-5-14(20)6-4-13/h3-10H,2,11-12H2,1H3,(H,21,24). The maximum absolute atomic E-state index is 12.9. The number of nitrogens with zero attached hydrogens (tertiary/aromatic N) is 2. The highest BCUT2D eigenvalue weighted by molar-refractivity contribution is 5.90. The van der Waals surface area contributed by atoms with Gasteiger partial charge in [-0.25, -0.2) is 4.39 Å². The molecule has 1 amide bonds. The van der Waals surface area contributed by atoms with Gasteiger partial charge in [0.25, 0.3) is 0 Å². The lowest BCUT2D eigenvalue weighted by Crippen LogP contribution is -2.12. The van der Waals surface area contributed by atoms with Gasteiger partial charge in [-0.15, -0.1) is 10.2 Å². The second-order valence-corrected chi connectivity index (χ2v) is 5.51. The normalized spacial score (nSPS) is 10.5. The highest BCUT2D eigenvalue weighted by atomic mass is 19.1. The summed E-state index contributed by atoms with van der Waals surface area (Å²) < 4.78 is 23.8. The molecule has 0 unspecified atom stereocenters. The maximum Gasteiger partial charge on any atom is 0.247 e. The molecule has 0 saturated heterocycles. The van der Waals surface area contributed by atoms with Crippen molar-refractivity contribution >= 4 is 11.6 Å². The van der Waals surface area contributed by atoms with E-state index in [9.17, 15) is 9.18 Å². The first-order valence-corrected chi connectivity index (χ1v) is 8.25. The van der Waals surface area contributed by atoms with Gasteiger partial charge in [-0.3, -0.25) is 4.79 Å². The van der Waals surface area contributed by atoms with E-state index in [1.807, 2.05) is 6.92 Å². The number of rotatable bonds is 7. The highest BCUT2D eigenvalue weighted by Gasteiger charge is 2.11. The molecule has 3 rings (SSSR count). The summed E-state index contributed by atoms with van der Waals surface area (Å²) in [5.74, 6) is 0.915. The van der Waals surface area contributed by atoms with E-state index in [2.05, 4.69) is 15.5 Å². The average Bonchev–Trinajstić information content (AvgIpc) is 3.11. The molecule has 0 aliphatic carbocycles. The van der Waals surface area contributed by atoms with Gasteiger partial charge in [-0.1, -0.05) is 0 Å². The van der Waals surface area contributed by atoms with Crippen LogP contribution in [0.15, 0.2) is 52.9 Å². The number of aryl methyl sites for hydroxylation is 1. The van der Waals surface area contributed by atoms with Crippen LogP contribution < -0.4 is 10.1 Å². The number of amides is 1. The molecule has 0 fully saturated rings. The lowest BCUT2D eigenvalue weighted by Gasteiger charge is -2.06. The Morgan fingerprint density at radius 2 is 1.85 bits per heavy atom.